The van der Waals surface area contributed by atoms with Crippen molar-refractivity contribution < 1.29 is 9.47 Å². The zero-order valence-electron chi connectivity index (χ0n) is 15.8. The van der Waals surface area contributed by atoms with Gasteiger partial charge in [-0.3, -0.25) is 0 Å². The summed E-state index contributed by atoms with van der Waals surface area (Å²) in [7, 11) is 0. The molecule has 140 valence electrons. The molecule has 0 saturated carbocycles. The predicted molar refractivity (Wildman–Crippen MR) is 110 cm³/mol. The van der Waals surface area contributed by atoms with E-state index in [0.29, 0.717) is 19.3 Å². The number of nitrogens with one attached hydrogen (secondary N) is 1. The second kappa shape index (κ2) is 10.4. The molecule has 0 fully saturated rings. The first-order valence-electron chi connectivity index (χ1n) is 9.49. The maximum absolute atomic E-state index is 5.76. The summed E-state index contributed by atoms with van der Waals surface area (Å²) in [5.74, 6) is 1.73. The molecule has 3 nitrogen and oxygen atoms in total. The van der Waals surface area contributed by atoms with E-state index in [4.69, 9.17) is 9.47 Å². The molecule has 1 unspecified atom stereocenters. The molecule has 3 heteroatoms. The van der Waals surface area contributed by atoms with Gasteiger partial charge in [0.15, 0.2) is 0 Å². The average Bonchev–Trinajstić information content (AvgIpc) is 2.73. The molecule has 0 aliphatic rings. The molecule has 0 bridgehead atoms. The maximum Gasteiger partial charge on any atom is 0.122 e. The van der Waals surface area contributed by atoms with Crippen LogP contribution in [0.1, 0.15) is 24.1 Å². The van der Waals surface area contributed by atoms with Gasteiger partial charge in [-0.15, -0.1) is 0 Å². The van der Waals surface area contributed by atoms with Gasteiger partial charge >= 0.3 is 0 Å². The first-order chi connectivity index (χ1) is 13.3. The van der Waals surface area contributed by atoms with Crippen LogP contribution in [0.4, 0.5) is 0 Å². The molecule has 27 heavy (non-hydrogen) atoms. The second-order valence-electron chi connectivity index (χ2n) is 6.49. The normalized spacial score (nSPS) is 11.7. The van der Waals surface area contributed by atoms with Crippen LogP contribution in [0.3, 0.4) is 0 Å². The topological polar surface area (TPSA) is 30.5 Å². The number of rotatable bonds is 10. The summed E-state index contributed by atoms with van der Waals surface area (Å²) in [6, 6.07) is 28.9. The highest BCUT2D eigenvalue weighted by Gasteiger charge is 2.05. The summed E-state index contributed by atoms with van der Waals surface area (Å²) in [6.07, 6.45) is 1.04. The predicted octanol–water partition coefficient (Wildman–Crippen LogP) is 5.04. The Morgan fingerprint density at radius 2 is 1.26 bits per heavy atom. The molecule has 0 spiro atoms. The van der Waals surface area contributed by atoms with Crippen molar-refractivity contribution in [2.75, 3.05) is 19.8 Å². The molecule has 3 aromatic rings. The fourth-order valence-corrected chi connectivity index (χ4v) is 2.88. The van der Waals surface area contributed by atoms with Crippen molar-refractivity contribution in [3.8, 4) is 11.5 Å². The van der Waals surface area contributed by atoms with E-state index in [1.165, 1.54) is 11.1 Å². The largest absolute Gasteiger partial charge is 0.490 e. The summed E-state index contributed by atoms with van der Waals surface area (Å²) < 4.78 is 11.4. The third kappa shape index (κ3) is 6.46. The minimum atomic E-state index is 0.309. The Morgan fingerprint density at radius 3 is 1.89 bits per heavy atom. The minimum Gasteiger partial charge on any atom is -0.490 e. The zero-order valence-corrected chi connectivity index (χ0v) is 15.8. The van der Waals surface area contributed by atoms with Crippen molar-refractivity contribution in [1.29, 1.82) is 0 Å². The summed E-state index contributed by atoms with van der Waals surface area (Å²) in [5.41, 5.74) is 2.62. The van der Waals surface area contributed by atoms with Gasteiger partial charge in [0.05, 0.1) is 0 Å². The second-order valence-corrected chi connectivity index (χ2v) is 6.49. The van der Waals surface area contributed by atoms with Gasteiger partial charge in [-0.1, -0.05) is 60.7 Å². The van der Waals surface area contributed by atoms with Gasteiger partial charge in [0.25, 0.3) is 0 Å². The smallest absolute Gasteiger partial charge is 0.122 e. The summed E-state index contributed by atoms with van der Waals surface area (Å²) >= 11 is 0. The quantitative estimate of drug-likeness (QED) is 0.513. The maximum atomic E-state index is 5.76. The van der Waals surface area contributed by atoms with Crippen molar-refractivity contribution in [2.24, 2.45) is 0 Å². The zero-order chi connectivity index (χ0) is 18.7. The lowest BCUT2D eigenvalue weighted by molar-refractivity contribution is 0.217. The lowest BCUT2D eigenvalue weighted by Crippen LogP contribution is -2.21. The lowest BCUT2D eigenvalue weighted by Gasteiger charge is -2.15. The Labute approximate surface area is 162 Å². The minimum absolute atomic E-state index is 0.309. The molecule has 0 heterocycles. The van der Waals surface area contributed by atoms with Crippen molar-refractivity contribution in [1.82, 2.24) is 5.32 Å². The highest BCUT2D eigenvalue weighted by atomic mass is 16.5. The first-order valence-corrected chi connectivity index (χ1v) is 9.49. The van der Waals surface area contributed by atoms with E-state index in [1.54, 1.807) is 0 Å². The van der Waals surface area contributed by atoms with Crippen LogP contribution in [0, 0.1) is 0 Å². The Balaban J connectivity index is 1.37. The molecule has 0 saturated heterocycles. The van der Waals surface area contributed by atoms with Crippen LogP contribution in [0.2, 0.25) is 0 Å². The van der Waals surface area contributed by atoms with Crippen LogP contribution in [0.25, 0.3) is 0 Å². The van der Waals surface area contributed by atoms with Crippen molar-refractivity contribution in [3.05, 3.63) is 96.1 Å². The number of hydrogen-bond acceptors (Lipinski definition) is 3. The van der Waals surface area contributed by atoms with Gasteiger partial charge in [-0.25, -0.2) is 0 Å². The van der Waals surface area contributed by atoms with Crippen LogP contribution in [0.5, 0.6) is 11.5 Å². The van der Waals surface area contributed by atoms with E-state index >= 15 is 0 Å². The van der Waals surface area contributed by atoms with E-state index in [2.05, 4.69) is 54.7 Å². The van der Waals surface area contributed by atoms with Gasteiger partial charge in [0.2, 0.25) is 0 Å². The molecular weight excluding hydrogens is 334 g/mol. The van der Waals surface area contributed by atoms with Crippen LogP contribution in [-0.4, -0.2) is 19.8 Å². The first kappa shape index (κ1) is 19.0. The highest BCUT2D eigenvalue weighted by molar-refractivity contribution is 5.29. The SMILES string of the molecule is CC(NCCc1ccccc1)c1ccc(OCCOc2ccccc2)cc1. The molecule has 0 aromatic heterocycles. The monoisotopic (exact) mass is 361 g/mol. The fraction of sp³-hybridized carbons (Fsp3) is 0.250. The van der Waals surface area contributed by atoms with Crippen LogP contribution in [0.15, 0.2) is 84.9 Å². The molecule has 0 radical (unpaired) electrons. The molecule has 3 rings (SSSR count). The van der Waals surface area contributed by atoms with Crippen molar-refractivity contribution >= 4 is 0 Å². The molecule has 0 aliphatic heterocycles. The summed E-state index contributed by atoms with van der Waals surface area (Å²) in [5, 5.41) is 3.58. The van der Waals surface area contributed by atoms with Crippen LogP contribution in [-0.2, 0) is 6.42 Å². The highest BCUT2D eigenvalue weighted by Crippen LogP contribution is 2.18. The van der Waals surface area contributed by atoms with Gasteiger partial charge in [-0.05, 0) is 55.3 Å². The van der Waals surface area contributed by atoms with Crippen LogP contribution < -0.4 is 14.8 Å². The standard InChI is InChI=1S/C24H27NO2/c1-20(25-17-16-21-8-4-2-5-9-21)22-12-14-24(15-13-22)27-19-18-26-23-10-6-3-7-11-23/h2-15,20,25H,16-19H2,1H3. The number of hydrogen-bond donors (Lipinski definition) is 1. The van der Waals surface area contributed by atoms with E-state index in [-0.39, 0.29) is 0 Å². The fourth-order valence-electron chi connectivity index (χ4n) is 2.88. The molecule has 0 amide bonds. The van der Waals surface area contributed by atoms with Crippen molar-refractivity contribution in [2.45, 2.75) is 19.4 Å². The molecule has 0 aliphatic carbocycles. The number of benzene rings is 3. The molecule has 3 aromatic carbocycles. The van der Waals surface area contributed by atoms with E-state index in [9.17, 15) is 0 Å². The summed E-state index contributed by atoms with van der Waals surface area (Å²) in [6.45, 7) is 4.21. The third-order valence-electron chi connectivity index (χ3n) is 4.45. The molecule has 1 N–H and O–H groups in total. The number of ether oxygens (including phenoxy) is 2. The van der Waals surface area contributed by atoms with Gasteiger partial charge in [0, 0.05) is 6.04 Å². The summed E-state index contributed by atoms with van der Waals surface area (Å²) in [4.78, 5) is 0. The van der Waals surface area contributed by atoms with Gasteiger partial charge in [-0.2, -0.15) is 0 Å². The number of para-hydroxylation sites is 1. The Kier molecular flexibility index (Phi) is 7.31. The van der Waals surface area contributed by atoms with Crippen molar-refractivity contribution in [3.63, 3.8) is 0 Å². The van der Waals surface area contributed by atoms with Gasteiger partial charge < -0.3 is 14.8 Å². The Bertz CT molecular complexity index is 772. The van der Waals surface area contributed by atoms with E-state index in [0.717, 1.165) is 24.5 Å². The lowest BCUT2D eigenvalue weighted by atomic mass is 10.1. The molecular formula is C24H27NO2. The third-order valence-corrected chi connectivity index (χ3v) is 4.45. The Hall–Kier alpha value is -2.78. The van der Waals surface area contributed by atoms with Gasteiger partial charge in [0.1, 0.15) is 24.7 Å². The molecule has 1 atom stereocenters. The Morgan fingerprint density at radius 1 is 0.704 bits per heavy atom. The van der Waals surface area contributed by atoms with E-state index in [1.807, 2.05) is 42.5 Å². The van der Waals surface area contributed by atoms with E-state index < -0.39 is 0 Å². The average molecular weight is 361 g/mol. The van der Waals surface area contributed by atoms with Crippen LogP contribution >= 0.6 is 0 Å².